The molecule has 1 aliphatic rings. The Bertz CT molecular complexity index is 1060. The fraction of sp³-hybridized carbons (Fsp3) is 0.462. The molecule has 0 aromatic heterocycles. The molecule has 194 valence electrons. The molecule has 1 aliphatic carbocycles. The van der Waals surface area contributed by atoms with Gasteiger partial charge in [0.2, 0.25) is 11.7 Å². The lowest BCUT2D eigenvalue weighted by atomic mass is 9.95. The Balaban J connectivity index is 1.77. The van der Waals surface area contributed by atoms with Crippen molar-refractivity contribution >= 4 is 29.1 Å². The third-order valence-electron chi connectivity index (χ3n) is 6.31. The number of nitro benzene ring substituents is 1. The normalized spacial score (nSPS) is 14.5. The van der Waals surface area contributed by atoms with E-state index >= 15 is 0 Å². The summed E-state index contributed by atoms with van der Waals surface area (Å²) in [7, 11) is 1.32. The standard InChI is InChI=1S/C26H32ClN3O6/c1-3-22(26(32)28-20-7-5-4-6-8-20)29(16-18-9-11-19(27)12-10-18)25(31)17-36-21-13-14-23(30(33)34)24(15-21)35-2/h9-15,20,22H,3-8,16-17H2,1-2H3,(H,28,32)/t22-/m1/s1. The summed E-state index contributed by atoms with van der Waals surface area (Å²) in [5.41, 5.74) is 0.625. The first-order chi connectivity index (χ1) is 17.3. The van der Waals surface area contributed by atoms with Crippen molar-refractivity contribution in [2.45, 2.75) is 64.1 Å². The Morgan fingerprint density at radius 1 is 1.17 bits per heavy atom. The van der Waals surface area contributed by atoms with E-state index in [-0.39, 0.29) is 48.2 Å². The highest BCUT2D eigenvalue weighted by atomic mass is 35.5. The van der Waals surface area contributed by atoms with Gasteiger partial charge in [-0.15, -0.1) is 0 Å². The van der Waals surface area contributed by atoms with Gasteiger partial charge in [-0.25, -0.2) is 0 Å². The van der Waals surface area contributed by atoms with Crippen molar-refractivity contribution in [1.82, 2.24) is 10.2 Å². The van der Waals surface area contributed by atoms with Gasteiger partial charge in [0.25, 0.3) is 5.91 Å². The molecular weight excluding hydrogens is 486 g/mol. The summed E-state index contributed by atoms with van der Waals surface area (Å²) in [6.45, 7) is 1.73. The number of carbonyl (C=O) groups is 2. The van der Waals surface area contributed by atoms with Gasteiger partial charge in [-0.1, -0.05) is 49.9 Å². The number of ether oxygens (including phenoxy) is 2. The molecule has 0 saturated heterocycles. The lowest BCUT2D eigenvalue weighted by Gasteiger charge is -2.32. The van der Waals surface area contributed by atoms with E-state index < -0.39 is 11.0 Å². The lowest BCUT2D eigenvalue weighted by molar-refractivity contribution is -0.385. The van der Waals surface area contributed by atoms with E-state index in [0.29, 0.717) is 11.4 Å². The highest BCUT2D eigenvalue weighted by molar-refractivity contribution is 6.30. The highest BCUT2D eigenvalue weighted by Gasteiger charge is 2.30. The van der Waals surface area contributed by atoms with E-state index in [1.54, 1.807) is 12.1 Å². The van der Waals surface area contributed by atoms with Gasteiger partial charge in [0, 0.05) is 29.7 Å². The first-order valence-electron chi connectivity index (χ1n) is 12.1. The Hall–Kier alpha value is -3.33. The van der Waals surface area contributed by atoms with Crippen LogP contribution in [0.4, 0.5) is 5.69 Å². The minimum Gasteiger partial charge on any atom is -0.490 e. The van der Waals surface area contributed by atoms with Gasteiger partial charge in [-0.2, -0.15) is 0 Å². The highest BCUT2D eigenvalue weighted by Crippen LogP contribution is 2.31. The number of amides is 2. The zero-order valence-corrected chi connectivity index (χ0v) is 21.3. The maximum atomic E-state index is 13.4. The van der Waals surface area contributed by atoms with Gasteiger partial charge >= 0.3 is 5.69 Å². The fourth-order valence-electron chi connectivity index (χ4n) is 4.38. The van der Waals surface area contributed by atoms with Gasteiger partial charge in [0.1, 0.15) is 11.8 Å². The molecule has 0 spiro atoms. The summed E-state index contributed by atoms with van der Waals surface area (Å²) in [5, 5.41) is 14.8. The van der Waals surface area contributed by atoms with E-state index in [1.807, 2.05) is 19.1 Å². The average molecular weight is 518 g/mol. The summed E-state index contributed by atoms with van der Waals surface area (Å²) in [4.78, 5) is 38.7. The summed E-state index contributed by atoms with van der Waals surface area (Å²) >= 11 is 6.02. The van der Waals surface area contributed by atoms with Crippen LogP contribution in [0.5, 0.6) is 11.5 Å². The largest absolute Gasteiger partial charge is 0.490 e. The number of hydrogen-bond donors (Lipinski definition) is 1. The van der Waals surface area contributed by atoms with Crippen molar-refractivity contribution in [1.29, 1.82) is 0 Å². The second-order valence-electron chi connectivity index (χ2n) is 8.80. The quantitative estimate of drug-likeness (QED) is 0.335. The van der Waals surface area contributed by atoms with Crippen LogP contribution in [0.3, 0.4) is 0 Å². The SMILES string of the molecule is CC[C@H](C(=O)NC1CCCCC1)N(Cc1ccc(Cl)cc1)C(=O)COc1ccc([N+](=O)[O-])c(OC)c1. The fourth-order valence-corrected chi connectivity index (χ4v) is 4.50. The van der Waals surface area contributed by atoms with Crippen LogP contribution in [0.1, 0.15) is 51.0 Å². The molecule has 1 saturated carbocycles. The van der Waals surface area contributed by atoms with E-state index in [2.05, 4.69) is 5.32 Å². The second kappa shape index (κ2) is 13.1. The van der Waals surface area contributed by atoms with Crippen molar-refractivity contribution in [3.63, 3.8) is 0 Å². The minimum absolute atomic E-state index is 0.0289. The molecule has 1 fully saturated rings. The molecule has 2 aromatic carbocycles. The number of nitrogens with one attached hydrogen (secondary N) is 1. The summed E-state index contributed by atoms with van der Waals surface area (Å²) in [5.74, 6) is -0.283. The Labute approximate surface area is 215 Å². The molecule has 0 bridgehead atoms. The molecule has 0 unspecified atom stereocenters. The minimum atomic E-state index is -0.676. The van der Waals surface area contributed by atoms with Crippen LogP contribution in [0.25, 0.3) is 0 Å². The van der Waals surface area contributed by atoms with Crippen molar-refractivity contribution in [2.24, 2.45) is 0 Å². The predicted molar refractivity (Wildman–Crippen MR) is 136 cm³/mol. The van der Waals surface area contributed by atoms with E-state index in [1.165, 1.54) is 36.6 Å². The van der Waals surface area contributed by atoms with Crippen molar-refractivity contribution < 1.29 is 24.0 Å². The first-order valence-corrected chi connectivity index (χ1v) is 12.5. The molecule has 0 heterocycles. The number of halogens is 1. The maximum absolute atomic E-state index is 13.4. The van der Waals surface area contributed by atoms with Crippen LogP contribution < -0.4 is 14.8 Å². The third-order valence-corrected chi connectivity index (χ3v) is 6.57. The molecule has 3 rings (SSSR count). The van der Waals surface area contributed by atoms with Crippen LogP contribution in [-0.4, -0.2) is 47.4 Å². The summed E-state index contributed by atoms with van der Waals surface area (Å²) < 4.78 is 10.7. The van der Waals surface area contributed by atoms with E-state index in [0.717, 1.165) is 31.2 Å². The molecule has 36 heavy (non-hydrogen) atoms. The molecule has 1 atom stereocenters. The lowest BCUT2D eigenvalue weighted by Crippen LogP contribution is -2.52. The number of nitro groups is 1. The number of methoxy groups -OCH3 is 1. The van der Waals surface area contributed by atoms with E-state index in [4.69, 9.17) is 21.1 Å². The topological polar surface area (TPSA) is 111 Å². The van der Waals surface area contributed by atoms with Crippen LogP contribution in [0.2, 0.25) is 5.02 Å². The number of nitrogens with zero attached hydrogens (tertiary/aromatic N) is 2. The van der Waals surface area contributed by atoms with Crippen LogP contribution in [0, 0.1) is 10.1 Å². The molecule has 2 aromatic rings. The van der Waals surface area contributed by atoms with Crippen molar-refractivity contribution in [3.05, 3.63) is 63.2 Å². The Morgan fingerprint density at radius 2 is 1.86 bits per heavy atom. The first kappa shape index (κ1) is 27.3. The molecule has 0 radical (unpaired) electrons. The van der Waals surface area contributed by atoms with Crippen LogP contribution >= 0.6 is 11.6 Å². The molecule has 9 nitrogen and oxygen atoms in total. The average Bonchev–Trinajstić information content (AvgIpc) is 2.88. The molecule has 0 aliphatic heterocycles. The van der Waals surface area contributed by atoms with Crippen LogP contribution in [0.15, 0.2) is 42.5 Å². The van der Waals surface area contributed by atoms with Gasteiger partial charge in [-0.3, -0.25) is 19.7 Å². The van der Waals surface area contributed by atoms with Crippen molar-refractivity contribution in [2.75, 3.05) is 13.7 Å². The Morgan fingerprint density at radius 3 is 2.47 bits per heavy atom. The Kier molecular flexibility index (Phi) is 9.93. The summed E-state index contributed by atoms with van der Waals surface area (Å²) in [6.07, 6.45) is 5.67. The number of hydrogen-bond acceptors (Lipinski definition) is 6. The number of benzene rings is 2. The number of rotatable bonds is 11. The third kappa shape index (κ3) is 7.34. The predicted octanol–water partition coefficient (Wildman–Crippen LogP) is 4.89. The van der Waals surface area contributed by atoms with Crippen molar-refractivity contribution in [3.8, 4) is 11.5 Å². The summed E-state index contributed by atoms with van der Waals surface area (Å²) in [6, 6.07) is 10.6. The maximum Gasteiger partial charge on any atom is 0.311 e. The number of carbonyl (C=O) groups excluding carboxylic acids is 2. The van der Waals surface area contributed by atoms with Gasteiger partial charge in [-0.05, 0) is 43.0 Å². The zero-order chi connectivity index (χ0) is 26.1. The van der Waals surface area contributed by atoms with E-state index in [9.17, 15) is 19.7 Å². The van der Waals surface area contributed by atoms with Gasteiger partial charge < -0.3 is 19.7 Å². The van der Waals surface area contributed by atoms with Gasteiger partial charge in [0.05, 0.1) is 12.0 Å². The van der Waals surface area contributed by atoms with Gasteiger partial charge in [0.15, 0.2) is 6.61 Å². The molecule has 2 amide bonds. The zero-order valence-electron chi connectivity index (χ0n) is 20.6. The monoisotopic (exact) mass is 517 g/mol. The second-order valence-corrected chi connectivity index (χ2v) is 9.23. The van der Waals surface area contributed by atoms with Crippen LogP contribution in [-0.2, 0) is 16.1 Å². The molecule has 10 heteroatoms. The smallest absolute Gasteiger partial charge is 0.311 e. The molecular formula is C26H32ClN3O6. The molecule has 1 N–H and O–H groups in total.